The summed E-state index contributed by atoms with van der Waals surface area (Å²) < 4.78 is 16.6. The molecule has 36 heavy (non-hydrogen) atoms. The SMILES string of the molecule is CO[C@@]1(COC(=O)c2ccc([N+](=O)[O-])cc2)C(C)=CS[C@@H]2[C@H](NC(=O)COc3ccccc3)C(=O)N21. The van der Waals surface area contributed by atoms with E-state index in [1.807, 2.05) is 6.07 Å². The number of nitrogens with one attached hydrogen (secondary N) is 1. The fourth-order valence-corrected chi connectivity index (χ4v) is 5.19. The summed E-state index contributed by atoms with van der Waals surface area (Å²) in [5.41, 5.74) is -0.744. The smallest absolute Gasteiger partial charge is 0.338 e. The molecule has 4 rings (SSSR count). The van der Waals surface area contributed by atoms with E-state index in [0.29, 0.717) is 11.3 Å². The number of nitro groups is 1. The van der Waals surface area contributed by atoms with Crippen LogP contribution in [0.15, 0.2) is 65.6 Å². The van der Waals surface area contributed by atoms with Crippen molar-refractivity contribution in [1.82, 2.24) is 10.2 Å². The third kappa shape index (κ3) is 4.77. The highest BCUT2D eigenvalue weighted by Crippen LogP contribution is 2.46. The van der Waals surface area contributed by atoms with E-state index in [-0.39, 0.29) is 30.4 Å². The van der Waals surface area contributed by atoms with Gasteiger partial charge >= 0.3 is 5.97 Å². The van der Waals surface area contributed by atoms with E-state index >= 15 is 0 Å². The first-order chi connectivity index (χ1) is 17.3. The molecular weight excluding hydrogens is 490 g/mol. The monoisotopic (exact) mass is 513 g/mol. The number of nitrogens with zero attached hydrogens (tertiary/aromatic N) is 2. The van der Waals surface area contributed by atoms with E-state index in [1.165, 1.54) is 48.0 Å². The number of amides is 2. The molecule has 2 aromatic rings. The number of carbonyl (C=O) groups excluding carboxylic acids is 3. The molecule has 0 radical (unpaired) electrons. The van der Waals surface area contributed by atoms with Crippen LogP contribution in [0.4, 0.5) is 5.69 Å². The Bertz CT molecular complexity index is 1200. The van der Waals surface area contributed by atoms with E-state index in [2.05, 4.69) is 5.32 Å². The number of esters is 1. The second-order valence-electron chi connectivity index (χ2n) is 8.05. The molecule has 188 valence electrons. The normalized spacial score (nSPS) is 22.6. The summed E-state index contributed by atoms with van der Waals surface area (Å²) in [5, 5.41) is 14.8. The number of fused-ring (bicyclic) bond motifs is 1. The van der Waals surface area contributed by atoms with Gasteiger partial charge in [0, 0.05) is 19.2 Å². The Hall–Kier alpha value is -3.90. The number of β-lactam (4-membered cyclic amide) rings is 1. The molecule has 0 unspecified atom stereocenters. The van der Waals surface area contributed by atoms with Crippen LogP contribution in [0.2, 0.25) is 0 Å². The van der Waals surface area contributed by atoms with E-state index < -0.39 is 33.9 Å². The number of carbonyl (C=O) groups is 3. The van der Waals surface area contributed by atoms with Gasteiger partial charge in [0.1, 0.15) is 23.8 Å². The molecule has 1 N–H and O–H groups in total. The molecule has 1 saturated heterocycles. The van der Waals surface area contributed by atoms with Crippen LogP contribution in [-0.4, -0.2) is 65.1 Å². The summed E-state index contributed by atoms with van der Waals surface area (Å²) in [6.07, 6.45) is 0. The number of ether oxygens (including phenoxy) is 3. The second-order valence-corrected chi connectivity index (χ2v) is 9.04. The predicted molar refractivity (Wildman–Crippen MR) is 129 cm³/mol. The molecule has 2 aromatic carbocycles. The van der Waals surface area contributed by atoms with Crippen LogP contribution in [0.1, 0.15) is 17.3 Å². The quantitative estimate of drug-likeness (QED) is 0.232. The fraction of sp³-hybridized carbons (Fsp3) is 0.292. The minimum absolute atomic E-state index is 0.119. The maximum Gasteiger partial charge on any atom is 0.338 e. The molecule has 12 heteroatoms. The maximum atomic E-state index is 13.1. The summed E-state index contributed by atoms with van der Waals surface area (Å²) >= 11 is 1.35. The van der Waals surface area contributed by atoms with Gasteiger partial charge in [-0.15, -0.1) is 11.8 Å². The fourth-order valence-electron chi connectivity index (χ4n) is 3.92. The largest absolute Gasteiger partial charge is 0.484 e. The molecule has 0 spiro atoms. The van der Waals surface area contributed by atoms with Crippen molar-refractivity contribution in [2.75, 3.05) is 20.3 Å². The molecule has 2 heterocycles. The zero-order valence-corrected chi connectivity index (χ0v) is 20.2. The standard InChI is InChI=1S/C24H23N3O8S/c1-15-13-36-22-20(25-19(28)12-34-18-6-4-3-5-7-18)21(29)26(22)24(15,33-2)14-35-23(30)16-8-10-17(11-9-16)27(31)32/h3-11,13,20,22H,12,14H2,1-2H3,(H,25,28)/t20-,22-,24+/m1/s1. The third-order valence-corrected chi connectivity index (χ3v) is 7.16. The first kappa shape index (κ1) is 25.2. The predicted octanol–water partition coefficient (Wildman–Crippen LogP) is 2.48. The van der Waals surface area contributed by atoms with Crippen LogP contribution < -0.4 is 10.1 Å². The molecular formula is C24H23N3O8S. The zero-order chi connectivity index (χ0) is 25.9. The Labute approximate surface area is 210 Å². The minimum atomic E-state index is -1.36. The average molecular weight is 514 g/mol. The summed E-state index contributed by atoms with van der Waals surface area (Å²) in [6, 6.07) is 13.0. The average Bonchev–Trinajstić information content (AvgIpc) is 2.90. The molecule has 1 fully saturated rings. The van der Waals surface area contributed by atoms with Crippen molar-refractivity contribution in [2.45, 2.75) is 24.1 Å². The third-order valence-electron chi connectivity index (χ3n) is 5.91. The summed E-state index contributed by atoms with van der Waals surface area (Å²) in [6.45, 7) is 1.20. The lowest BCUT2D eigenvalue weighted by atomic mass is 9.95. The highest BCUT2D eigenvalue weighted by Gasteiger charge is 2.61. The van der Waals surface area contributed by atoms with Crippen molar-refractivity contribution in [1.29, 1.82) is 0 Å². The number of para-hydroxylation sites is 1. The molecule has 0 aliphatic carbocycles. The topological polar surface area (TPSA) is 137 Å². The lowest BCUT2D eigenvalue weighted by Gasteiger charge is -2.57. The molecule has 2 aliphatic rings. The Balaban J connectivity index is 1.40. The number of thioether (sulfide) groups is 1. The molecule has 11 nitrogen and oxygen atoms in total. The first-order valence-electron chi connectivity index (χ1n) is 10.9. The Morgan fingerprint density at radius 3 is 2.50 bits per heavy atom. The highest BCUT2D eigenvalue weighted by atomic mass is 32.2. The van der Waals surface area contributed by atoms with Gasteiger partial charge in [0.05, 0.1) is 10.5 Å². The first-order valence-corrected chi connectivity index (χ1v) is 11.8. The number of rotatable bonds is 9. The number of methoxy groups -OCH3 is 1. The minimum Gasteiger partial charge on any atom is -0.484 e. The van der Waals surface area contributed by atoms with Crippen LogP contribution in [-0.2, 0) is 19.1 Å². The molecule has 0 saturated carbocycles. The van der Waals surface area contributed by atoms with Gasteiger partial charge in [-0.2, -0.15) is 0 Å². The number of nitro benzene ring substituents is 1. The summed E-state index contributed by atoms with van der Waals surface area (Å²) in [7, 11) is 1.40. The summed E-state index contributed by atoms with van der Waals surface area (Å²) in [4.78, 5) is 49.8. The van der Waals surface area contributed by atoms with Gasteiger partial charge < -0.3 is 19.5 Å². The van der Waals surface area contributed by atoms with Crippen molar-refractivity contribution in [3.05, 3.63) is 81.3 Å². The van der Waals surface area contributed by atoms with Gasteiger partial charge in [-0.1, -0.05) is 18.2 Å². The van der Waals surface area contributed by atoms with Gasteiger partial charge in [-0.05, 0) is 42.2 Å². The van der Waals surface area contributed by atoms with Crippen LogP contribution in [0, 0.1) is 10.1 Å². The Morgan fingerprint density at radius 2 is 1.86 bits per heavy atom. The Morgan fingerprint density at radius 1 is 1.17 bits per heavy atom. The number of hydrogen-bond acceptors (Lipinski definition) is 9. The number of non-ortho nitro benzene ring substituents is 1. The molecule has 0 aromatic heterocycles. The molecule has 2 amide bonds. The summed E-state index contributed by atoms with van der Waals surface area (Å²) in [5.74, 6) is -1.02. The molecule has 3 atom stereocenters. The van der Waals surface area contributed by atoms with Crippen molar-refractivity contribution in [2.24, 2.45) is 0 Å². The van der Waals surface area contributed by atoms with E-state index in [4.69, 9.17) is 14.2 Å². The van der Waals surface area contributed by atoms with E-state index in [0.717, 1.165) is 0 Å². The number of hydrogen-bond donors (Lipinski definition) is 1. The van der Waals surface area contributed by atoms with Crippen molar-refractivity contribution in [3.63, 3.8) is 0 Å². The maximum absolute atomic E-state index is 13.1. The van der Waals surface area contributed by atoms with Crippen LogP contribution in [0.25, 0.3) is 0 Å². The van der Waals surface area contributed by atoms with Crippen molar-refractivity contribution in [3.8, 4) is 5.75 Å². The van der Waals surface area contributed by atoms with Gasteiger partial charge in [-0.25, -0.2) is 4.79 Å². The van der Waals surface area contributed by atoms with Crippen LogP contribution in [0.5, 0.6) is 5.75 Å². The second kappa shape index (κ2) is 10.4. The lowest BCUT2D eigenvalue weighted by molar-refractivity contribution is -0.384. The van der Waals surface area contributed by atoms with E-state index in [1.54, 1.807) is 36.6 Å². The molecule has 0 bridgehead atoms. The van der Waals surface area contributed by atoms with Crippen molar-refractivity contribution < 1.29 is 33.5 Å². The van der Waals surface area contributed by atoms with Crippen molar-refractivity contribution >= 4 is 35.2 Å². The van der Waals surface area contributed by atoms with Gasteiger partial charge in [0.2, 0.25) is 5.72 Å². The zero-order valence-electron chi connectivity index (χ0n) is 19.4. The van der Waals surface area contributed by atoms with E-state index in [9.17, 15) is 24.5 Å². The van der Waals surface area contributed by atoms with Crippen LogP contribution >= 0.6 is 11.8 Å². The molecule has 2 aliphatic heterocycles. The van der Waals surface area contributed by atoms with Crippen LogP contribution in [0.3, 0.4) is 0 Å². The van der Waals surface area contributed by atoms with Gasteiger partial charge in [0.15, 0.2) is 6.61 Å². The number of benzene rings is 2. The highest BCUT2D eigenvalue weighted by molar-refractivity contribution is 8.02. The van der Waals surface area contributed by atoms with Gasteiger partial charge in [0.25, 0.3) is 17.5 Å². The lowest BCUT2D eigenvalue weighted by Crippen LogP contribution is -2.78. The van der Waals surface area contributed by atoms with Gasteiger partial charge in [-0.3, -0.25) is 24.6 Å². The Kier molecular flexibility index (Phi) is 7.27.